The lowest BCUT2D eigenvalue weighted by Crippen LogP contribution is -2.48. The molecule has 0 aliphatic carbocycles. The Morgan fingerprint density at radius 2 is 1.95 bits per heavy atom. The Labute approximate surface area is 137 Å². The van der Waals surface area contributed by atoms with Crippen molar-refractivity contribution in [3.63, 3.8) is 0 Å². The lowest BCUT2D eigenvalue weighted by Gasteiger charge is -2.29. The number of halogens is 1. The molecule has 2 aliphatic rings. The molecule has 1 aromatic rings. The van der Waals surface area contributed by atoms with Gasteiger partial charge in [0.25, 0.3) is 0 Å². The number of nitrogens with zero attached hydrogens (tertiary/aromatic N) is 1. The average molecular weight is 342 g/mol. The molecule has 3 rings (SSSR count). The molecule has 22 heavy (non-hydrogen) atoms. The molecule has 0 saturated carbocycles. The molecule has 1 aromatic carbocycles. The fourth-order valence-electron chi connectivity index (χ4n) is 3.40. The highest BCUT2D eigenvalue weighted by atomic mass is 35.5. The second-order valence-electron chi connectivity index (χ2n) is 6.00. The lowest BCUT2D eigenvalue weighted by atomic mass is 10.0. The molecular weight excluding hydrogens is 322 g/mol. The van der Waals surface area contributed by atoms with Crippen LogP contribution in [0.5, 0.6) is 0 Å². The Balaban J connectivity index is 0.00000176. The zero-order chi connectivity index (χ0) is 14.9. The maximum absolute atomic E-state index is 12.3. The van der Waals surface area contributed by atoms with Crippen molar-refractivity contribution in [2.45, 2.75) is 49.6 Å². The summed E-state index contributed by atoms with van der Waals surface area (Å²) in [5, 5.41) is 12.4. The molecule has 2 N–H and O–H groups in total. The van der Waals surface area contributed by atoms with Gasteiger partial charge in [0, 0.05) is 18.1 Å². The normalized spacial score (nSPS) is 27.0. The van der Waals surface area contributed by atoms with E-state index < -0.39 is 10.0 Å². The largest absolute Gasteiger partial charge is 0.311 e. The van der Waals surface area contributed by atoms with Crippen molar-refractivity contribution in [2.24, 2.45) is 0 Å². The van der Waals surface area contributed by atoms with Gasteiger partial charge in [-0.05, 0) is 43.4 Å². The molecule has 7 heteroatoms. The van der Waals surface area contributed by atoms with Crippen LogP contribution in [0.25, 0.3) is 0 Å². The molecule has 0 amide bonds. The third-order valence-electron chi connectivity index (χ3n) is 4.23. The van der Waals surface area contributed by atoms with Crippen LogP contribution < -0.4 is 10.0 Å². The Morgan fingerprint density at radius 3 is 2.59 bits per heavy atom. The Hall–Kier alpha value is -1.13. The van der Waals surface area contributed by atoms with Crippen molar-refractivity contribution in [2.75, 3.05) is 0 Å². The maximum Gasteiger partial charge on any atom is 0.216 e. The van der Waals surface area contributed by atoms with E-state index >= 15 is 0 Å². The fourth-order valence-corrected chi connectivity index (χ4v) is 4.80. The Morgan fingerprint density at radius 1 is 1.27 bits per heavy atom. The quantitative estimate of drug-likeness (QED) is 0.873. The van der Waals surface area contributed by atoms with Gasteiger partial charge in [-0.2, -0.15) is 5.26 Å². The predicted octanol–water partition coefficient (Wildman–Crippen LogP) is 1.68. The third kappa shape index (κ3) is 4.20. The summed E-state index contributed by atoms with van der Waals surface area (Å²) in [6.45, 7) is 0. The molecule has 2 saturated heterocycles. The zero-order valence-electron chi connectivity index (χ0n) is 12.2. The van der Waals surface area contributed by atoms with Crippen LogP contribution in [0.3, 0.4) is 0 Å². The number of piperidine rings is 1. The van der Waals surface area contributed by atoms with Gasteiger partial charge in [0.1, 0.15) is 0 Å². The molecule has 0 radical (unpaired) electrons. The molecule has 2 heterocycles. The van der Waals surface area contributed by atoms with E-state index in [9.17, 15) is 8.42 Å². The highest BCUT2D eigenvalue weighted by Gasteiger charge is 2.34. The minimum absolute atomic E-state index is 0. The van der Waals surface area contributed by atoms with Crippen LogP contribution in [0.2, 0.25) is 0 Å². The molecular formula is C15H20ClN3O2S. The van der Waals surface area contributed by atoms with Gasteiger partial charge in [0.15, 0.2) is 0 Å². The van der Waals surface area contributed by atoms with E-state index in [1.54, 1.807) is 24.3 Å². The molecule has 0 spiro atoms. The van der Waals surface area contributed by atoms with Crippen molar-refractivity contribution in [3.8, 4) is 6.07 Å². The van der Waals surface area contributed by atoms with Gasteiger partial charge in [-0.3, -0.25) is 0 Å². The van der Waals surface area contributed by atoms with E-state index in [0.29, 0.717) is 23.2 Å². The fraction of sp³-hybridized carbons (Fsp3) is 0.533. The number of sulfonamides is 1. The van der Waals surface area contributed by atoms with E-state index in [1.165, 1.54) is 0 Å². The Bertz CT molecular complexity index is 660. The lowest BCUT2D eigenvalue weighted by molar-refractivity contribution is 0.345. The number of nitriles is 1. The molecule has 2 aliphatic heterocycles. The van der Waals surface area contributed by atoms with Crippen LogP contribution in [-0.4, -0.2) is 26.5 Å². The summed E-state index contributed by atoms with van der Waals surface area (Å²) < 4.78 is 27.4. The van der Waals surface area contributed by atoms with Gasteiger partial charge in [0.05, 0.1) is 17.4 Å². The summed E-state index contributed by atoms with van der Waals surface area (Å²) >= 11 is 0. The number of benzene rings is 1. The SMILES string of the molecule is Cl.N#Cc1cccc(CS(=O)(=O)NC2CC3CCC(C2)N3)c1. The minimum atomic E-state index is -3.37. The van der Waals surface area contributed by atoms with Crippen molar-refractivity contribution >= 4 is 22.4 Å². The van der Waals surface area contributed by atoms with E-state index in [4.69, 9.17) is 5.26 Å². The number of nitrogens with one attached hydrogen (secondary N) is 2. The van der Waals surface area contributed by atoms with Crippen LogP contribution in [-0.2, 0) is 15.8 Å². The number of fused-ring (bicyclic) bond motifs is 2. The smallest absolute Gasteiger partial charge is 0.216 e. The van der Waals surface area contributed by atoms with E-state index in [-0.39, 0.29) is 24.2 Å². The zero-order valence-corrected chi connectivity index (χ0v) is 13.8. The van der Waals surface area contributed by atoms with Gasteiger partial charge >= 0.3 is 0 Å². The third-order valence-corrected chi connectivity index (χ3v) is 5.64. The van der Waals surface area contributed by atoms with Crippen LogP contribution >= 0.6 is 12.4 Å². The topological polar surface area (TPSA) is 82.0 Å². The molecule has 2 atom stereocenters. The summed E-state index contributed by atoms with van der Waals surface area (Å²) in [7, 11) is -3.37. The van der Waals surface area contributed by atoms with Crippen LogP contribution in [0, 0.1) is 11.3 Å². The van der Waals surface area contributed by atoms with Crippen molar-refractivity contribution in [3.05, 3.63) is 35.4 Å². The van der Waals surface area contributed by atoms with Gasteiger partial charge in [-0.15, -0.1) is 12.4 Å². The molecule has 5 nitrogen and oxygen atoms in total. The van der Waals surface area contributed by atoms with Gasteiger partial charge < -0.3 is 5.32 Å². The van der Waals surface area contributed by atoms with E-state index in [0.717, 1.165) is 25.7 Å². The first-order valence-corrected chi connectivity index (χ1v) is 8.94. The molecule has 0 aromatic heterocycles. The van der Waals surface area contributed by atoms with Crippen LogP contribution in [0.15, 0.2) is 24.3 Å². The maximum atomic E-state index is 12.3. The summed E-state index contributed by atoms with van der Waals surface area (Å²) in [6, 6.07) is 9.74. The monoisotopic (exact) mass is 341 g/mol. The summed E-state index contributed by atoms with van der Waals surface area (Å²) in [5.74, 6) is -0.0677. The molecule has 120 valence electrons. The highest BCUT2D eigenvalue weighted by molar-refractivity contribution is 7.88. The predicted molar refractivity (Wildman–Crippen MR) is 87.1 cm³/mol. The molecule has 2 bridgehead atoms. The Kier molecular flexibility index (Phi) is 5.45. The van der Waals surface area contributed by atoms with Gasteiger partial charge in [0.2, 0.25) is 10.0 Å². The number of hydrogen-bond donors (Lipinski definition) is 2. The van der Waals surface area contributed by atoms with Gasteiger partial charge in [-0.1, -0.05) is 12.1 Å². The van der Waals surface area contributed by atoms with Crippen molar-refractivity contribution < 1.29 is 8.42 Å². The second-order valence-corrected chi connectivity index (χ2v) is 7.75. The van der Waals surface area contributed by atoms with Crippen molar-refractivity contribution in [1.29, 1.82) is 5.26 Å². The second kappa shape index (κ2) is 6.97. The molecule has 2 unspecified atom stereocenters. The van der Waals surface area contributed by atoms with Crippen LogP contribution in [0.1, 0.15) is 36.8 Å². The summed E-state index contributed by atoms with van der Waals surface area (Å²) in [6.07, 6.45) is 4.03. The highest BCUT2D eigenvalue weighted by Crippen LogP contribution is 2.27. The molecule has 2 fully saturated rings. The summed E-state index contributed by atoms with van der Waals surface area (Å²) in [4.78, 5) is 0. The van der Waals surface area contributed by atoms with Crippen molar-refractivity contribution in [1.82, 2.24) is 10.0 Å². The summed E-state index contributed by atoms with van der Waals surface area (Å²) in [5.41, 5.74) is 1.14. The van der Waals surface area contributed by atoms with Gasteiger partial charge in [-0.25, -0.2) is 13.1 Å². The average Bonchev–Trinajstić information content (AvgIpc) is 2.77. The first-order chi connectivity index (χ1) is 10.0. The number of hydrogen-bond acceptors (Lipinski definition) is 4. The first kappa shape index (κ1) is 17.2. The van der Waals surface area contributed by atoms with Crippen LogP contribution in [0.4, 0.5) is 0 Å². The van der Waals surface area contributed by atoms with E-state index in [1.807, 2.05) is 6.07 Å². The first-order valence-electron chi connectivity index (χ1n) is 7.29. The minimum Gasteiger partial charge on any atom is -0.311 e. The van der Waals surface area contributed by atoms with E-state index in [2.05, 4.69) is 10.0 Å². The number of rotatable bonds is 4. The standard InChI is InChI=1S/C15H19N3O2S.ClH/c16-9-11-2-1-3-12(6-11)10-21(19,20)18-15-7-13-4-5-14(8-15)17-13;/h1-3,6,13-15,17-18H,4-5,7-8,10H2;1H.